The number of para-hydroxylation sites is 1. The standard InChI is InChI=1S/C11H16ClN/c1-3-8-13-11-7-5-4-6-10(11)9(2)12/h4-7,9,13H,3,8H2,1-2H3. The minimum absolute atomic E-state index is 0.0700. The molecular weight excluding hydrogens is 182 g/mol. The highest BCUT2D eigenvalue weighted by Gasteiger charge is 2.05. The molecule has 0 spiro atoms. The van der Waals surface area contributed by atoms with Crippen LogP contribution in [0.5, 0.6) is 0 Å². The molecule has 1 atom stereocenters. The average molecular weight is 198 g/mol. The zero-order valence-electron chi connectivity index (χ0n) is 8.18. The highest BCUT2D eigenvalue weighted by atomic mass is 35.5. The first-order chi connectivity index (χ1) is 6.25. The summed E-state index contributed by atoms with van der Waals surface area (Å²) in [7, 11) is 0. The normalized spacial score (nSPS) is 12.5. The van der Waals surface area contributed by atoms with Crippen LogP contribution in [0.25, 0.3) is 0 Å². The van der Waals surface area contributed by atoms with Crippen molar-refractivity contribution in [2.45, 2.75) is 25.6 Å². The molecule has 13 heavy (non-hydrogen) atoms. The van der Waals surface area contributed by atoms with Crippen LogP contribution in [-0.2, 0) is 0 Å². The fourth-order valence-electron chi connectivity index (χ4n) is 1.26. The van der Waals surface area contributed by atoms with Gasteiger partial charge in [-0.2, -0.15) is 0 Å². The van der Waals surface area contributed by atoms with Gasteiger partial charge in [0.05, 0.1) is 5.38 Å². The number of anilines is 1. The third-order valence-electron chi connectivity index (χ3n) is 1.95. The Hall–Kier alpha value is -0.690. The number of alkyl halides is 1. The molecule has 0 saturated heterocycles. The minimum Gasteiger partial charge on any atom is -0.385 e. The predicted molar refractivity (Wildman–Crippen MR) is 59.5 cm³/mol. The molecule has 0 aliphatic heterocycles. The van der Waals surface area contributed by atoms with Crippen LogP contribution in [0.15, 0.2) is 24.3 Å². The van der Waals surface area contributed by atoms with Crippen molar-refractivity contribution in [3.8, 4) is 0 Å². The Morgan fingerprint density at radius 1 is 1.38 bits per heavy atom. The predicted octanol–water partition coefficient (Wildman–Crippen LogP) is 3.81. The van der Waals surface area contributed by atoms with Gasteiger partial charge in [-0.15, -0.1) is 11.6 Å². The zero-order valence-corrected chi connectivity index (χ0v) is 8.93. The second-order valence-corrected chi connectivity index (χ2v) is 3.78. The monoisotopic (exact) mass is 197 g/mol. The lowest BCUT2D eigenvalue weighted by Gasteiger charge is -2.12. The fourth-order valence-corrected chi connectivity index (χ4v) is 1.45. The summed E-state index contributed by atoms with van der Waals surface area (Å²) in [4.78, 5) is 0. The molecule has 0 aromatic heterocycles. The summed E-state index contributed by atoms with van der Waals surface area (Å²) in [5.74, 6) is 0. The maximum atomic E-state index is 6.05. The molecule has 1 nitrogen and oxygen atoms in total. The van der Waals surface area contributed by atoms with Crippen molar-refractivity contribution >= 4 is 17.3 Å². The van der Waals surface area contributed by atoms with Crippen LogP contribution < -0.4 is 5.32 Å². The van der Waals surface area contributed by atoms with Gasteiger partial charge in [-0.3, -0.25) is 0 Å². The maximum Gasteiger partial charge on any atom is 0.0577 e. The molecule has 0 radical (unpaired) electrons. The van der Waals surface area contributed by atoms with Gasteiger partial charge in [0.25, 0.3) is 0 Å². The van der Waals surface area contributed by atoms with Crippen molar-refractivity contribution in [1.82, 2.24) is 0 Å². The number of hydrogen-bond donors (Lipinski definition) is 1. The first-order valence-corrected chi connectivity index (χ1v) is 5.16. The summed E-state index contributed by atoms with van der Waals surface area (Å²) < 4.78 is 0. The van der Waals surface area contributed by atoms with E-state index in [2.05, 4.69) is 24.4 Å². The molecule has 1 unspecified atom stereocenters. The molecule has 0 aliphatic carbocycles. The first-order valence-electron chi connectivity index (χ1n) is 4.72. The number of rotatable bonds is 4. The molecule has 0 aliphatic rings. The summed E-state index contributed by atoms with van der Waals surface area (Å²) >= 11 is 6.05. The van der Waals surface area contributed by atoms with Gasteiger partial charge in [0.2, 0.25) is 0 Å². The van der Waals surface area contributed by atoms with Gasteiger partial charge < -0.3 is 5.32 Å². The number of nitrogens with one attached hydrogen (secondary N) is 1. The van der Waals surface area contributed by atoms with Crippen LogP contribution in [0.3, 0.4) is 0 Å². The van der Waals surface area contributed by atoms with E-state index in [4.69, 9.17) is 11.6 Å². The topological polar surface area (TPSA) is 12.0 Å². The third-order valence-corrected chi connectivity index (χ3v) is 2.19. The van der Waals surface area contributed by atoms with Gasteiger partial charge in [0, 0.05) is 12.2 Å². The Morgan fingerprint density at radius 2 is 2.08 bits per heavy atom. The SMILES string of the molecule is CCCNc1ccccc1C(C)Cl. The van der Waals surface area contributed by atoms with Crippen LogP contribution in [-0.4, -0.2) is 6.54 Å². The Labute approximate surface area is 85.1 Å². The Kier molecular flexibility index (Phi) is 4.10. The van der Waals surface area contributed by atoms with E-state index in [0.717, 1.165) is 18.7 Å². The van der Waals surface area contributed by atoms with Crippen LogP contribution in [0.1, 0.15) is 31.2 Å². The summed E-state index contributed by atoms with van der Waals surface area (Å²) in [6.45, 7) is 5.15. The smallest absolute Gasteiger partial charge is 0.0577 e. The van der Waals surface area contributed by atoms with Crippen molar-refractivity contribution < 1.29 is 0 Å². The second-order valence-electron chi connectivity index (χ2n) is 3.13. The molecule has 1 aromatic rings. The Balaban J connectivity index is 2.78. The molecule has 2 heteroatoms. The molecule has 0 amide bonds. The van der Waals surface area contributed by atoms with Crippen molar-refractivity contribution in [3.05, 3.63) is 29.8 Å². The van der Waals surface area contributed by atoms with E-state index in [1.165, 1.54) is 5.56 Å². The molecule has 0 fully saturated rings. The van der Waals surface area contributed by atoms with Gasteiger partial charge in [-0.25, -0.2) is 0 Å². The van der Waals surface area contributed by atoms with Crippen molar-refractivity contribution in [2.24, 2.45) is 0 Å². The molecule has 72 valence electrons. The lowest BCUT2D eigenvalue weighted by Crippen LogP contribution is -2.02. The van der Waals surface area contributed by atoms with Crippen LogP contribution in [0.4, 0.5) is 5.69 Å². The molecule has 1 aromatic carbocycles. The molecular formula is C11H16ClN. The van der Waals surface area contributed by atoms with E-state index in [-0.39, 0.29) is 5.38 Å². The van der Waals surface area contributed by atoms with Crippen LogP contribution in [0.2, 0.25) is 0 Å². The highest BCUT2D eigenvalue weighted by Crippen LogP contribution is 2.26. The van der Waals surface area contributed by atoms with Crippen molar-refractivity contribution in [1.29, 1.82) is 0 Å². The van der Waals surface area contributed by atoms with E-state index in [1.807, 2.05) is 19.1 Å². The first kappa shape index (κ1) is 10.4. The van der Waals surface area contributed by atoms with Gasteiger partial charge >= 0.3 is 0 Å². The minimum atomic E-state index is 0.0700. The molecule has 1 N–H and O–H groups in total. The second kappa shape index (κ2) is 5.13. The quantitative estimate of drug-likeness (QED) is 0.724. The van der Waals surface area contributed by atoms with Gasteiger partial charge in [-0.1, -0.05) is 25.1 Å². The van der Waals surface area contributed by atoms with E-state index in [9.17, 15) is 0 Å². The maximum absolute atomic E-state index is 6.05. The molecule has 0 saturated carbocycles. The summed E-state index contributed by atoms with van der Waals surface area (Å²) in [5.41, 5.74) is 2.34. The van der Waals surface area contributed by atoms with E-state index in [1.54, 1.807) is 0 Å². The van der Waals surface area contributed by atoms with E-state index < -0.39 is 0 Å². The van der Waals surface area contributed by atoms with Gasteiger partial charge in [0.15, 0.2) is 0 Å². The summed E-state index contributed by atoms with van der Waals surface area (Å²) in [6, 6.07) is 8.19. The average Bonchev–Trinajstić information content (AvgIpc) is 2.15. The number of benzene rings is 1. The lowest BCUT2D eigenvalue weighted by atomic mass is 10.1. The fraction of sp³-hybridized carbons (Fsp3) is 0.455. The van der Waals surface area contributed by atoms with E-state index >= 15 is 0 Å². The number of halogens is 1. The van der Waals surface area contributed by atoms with Gasteiger partial charge in [0.1, 0.15) is 0 Å². The largest absolute Gasteiger partial charge is 0.385 e. The Bertz CT molecular complexity index is 258. The molecule has 1 rings (SSSR count). The van der Waals surface area contributed by atoms with Crippen molar-refractivity contribution in [2.75, 3.05) is 11.9 Å². The van der Waals surface area contributed by atoms with E-state index in [0.29, 0.717) is 0 Å². The highest BCUT2D eigenvalue weighted by molar-refractivity contribution is 6.21. The Morgan fingerprint density at radius 3 is 2.69 bits per heavy atom. The zero-order chi connectivity index (χ0) is 9.68. The number of hydrogen-bond acceptors (Lipinski definition) is 1. The van der Waals surface area contributed by atoms with Crippen molar-refractivity contribution in [3.63, 3.8) is 0 Å². The summed E-state index contributed by atoms with van der Waals surface area (Å²) in [5, 5.41) is 3.43. The molecule has 0 heterocycles. The lowest BCUT2D eigenvalue weighted by molar-refractivity contribution is 0.969. The van der Waals surface area contributed by atoms with Crippen LogP contribution >= 0.6 is 11.6 Å². The third kappa shape index (κ3) is 2.92. The summed E-state index contributed by atoms with van der Waals surface area (Å²) in [6.07, 6.45) is 1.13. The van der Waals surface area contributed by atoms with Gasteiger partial charge in [-0.05, 0) is 25.0 Å². The molecule has 0 bridgehead atoms. The van der Waals surface area contributed by atoms with Crippen LogP contribution in [0, 0.1) is 0 Å².